The van der Waals surface area contributed by atoms with Gasteiger partial charge in [0.05, 0.1) is 11.3 Å². The van der Waals surface area contributed by atoms with Gasteiger partial charge in [-0.1, -0.05) is 42.5 Å². The lowest BCUT2D eigenvalue weighted by Crippen LogP contribution is -2.31. The van der Waals surface area contributed by atoms with Crippen molar-refractivity contribution in [1.82, 2.24) is 4.90 Å². The van der Waals surface area contributed by atoms with Crippen LogP contribution in [-0.4, -0.2) is 17.4 Å². The largest absolute Gasteiger partial charge is 0.335 e. The van der Waals surface area contributed by atoms with Gasteiger partial charge in [0.25, 0.3) is 5.91 Å². The summed E-state index contributed by atoms with van der Waals surface area (Å²) < 4.78 is 0. The van der Waals surface area contributed by atoms with Crippen LogP contribution in [0.4, 0.5) is 5.69 Å². The fraction of sp³-hybridized carbons (Fsp3) is 0.188. The van der Waals surface area contributed by atoms with E-state index in [-0.39, 0.29) is 5.91 Å². The van der Waals surface area contributed by atoms with Crippen molar-refractivity contribution < 1.29 is 4.79 Å². The van der Waals surface area contributed by atoms with E-state index in [1.165, 1.54) is 0 Å². The van der Waals surface area contributed by atoms with Crippen LogP contribution >= 0.6 is 0 Å². The summed E-state index contributed by atoms with van der Waals surface area (Å²) in [5, 5.41) is 0. The van der Waals surface area contributed by atoms with Gasteiger partial charge in [-0.2, -0.15) is 0 Å². The summed E-state index contributed by atoms with van der Waals surface area (Å²) in [5.41, 5.74) is 4.92. The van der Waals surface area contributed by atoms with Crippen LogP contribution in [0.1, 0.15) is 22.8 Å². The van der Waals surface area contributed by atoms with Gasteiger partial charge in [-0.25, -0.2) is 0 Å². The number of benzene rings is 2. The van der Waals surface area contributed by atoms with E-state index >= 15 is 0 Å². The number of rotatable bonds is 5. The molecule has 0 atom stereocenters. The zero-order valence-electron chi connectivity index (χ0n) is 11.5. The third kappa shape index (κ3) is 3.16. The molecule has 0 aromatic heterocycles. The van der Waals surface area contributed by atoms with Crippen molar-refractivity contribution in [2.45, 2.75) is 13.5 Å². The second-order valence-corrected chi connectivity index (χ2v) is 4.49. The van der Waals surface area contributed by atoms with E-state index in [4.69, 9.17) is 5.84 Å². The maximum Gasteiger partial charge on any atom is 0.256 e. The number of hydrogen-bond donors (Lipinski definition) is 2. The quantitative estimate of drug-likeness (QED) is 0.648. The summed E-state index contributed by atoms with van der Waals surface area (Å²) in [6.45, 7) is 3.21. The third-order valence-electron chi connectivity index (χ3n) is 3.20. The van der Waals surface area contributed by atoms with E-state index in [9.17, 15) is 4.79 Å². The molecule has 2 aromatic rings. The number of carbonyl (C=O) groups excluding carboxylic acids is 1. The van der Waals surface area contributed by atoms with Crippen LogP contribution in [0.5, 0.6) is 0 Å². The lowest BCUT2D eigenvalue weighted by Gasteiger charge is -2.22. The highest BCUT2D eigenvalue weighted by atomic mass is 16.2. The summed E-state index contributed by atoms with van der Waals surface area (Å²) >= 11 is 0. The van der Waals surface area contributed by atoms with E-state index in [0.29, 0.717) is 24.3 Å². The molecule has 3 N–H and O–H groups in total. The smallest absolute Gasteiger partial charge is 0.256 e. The highest BCUT2D eigenvalue weighted by Crippen LogP contribution is 2.17. The van der Waals surface area contributed by atoms with Gasteiger partial charge < -0.3 is 10.3 Å². The van der Waals surface area contributed by atoms with Gasteiger partial charge in [-0.15, -0.1) is 0 Å². The molecule has 0 radical (unpaired) electrons. The van der Waals surface area contributed by atoms with E-state index in [2.05, 4.69) is 5.43 Å². The SMILES string of the molecule is CCN(Cc1ccccc1)C(=O)c1ccccc1NN. The highest BCUT2D eigenvalue weighted by Gasteiger charge is 2.17. The van der Waals surface area contributed by atoms with Gasteiger partial charge in [-0.3, -0.25) is 10.6 Å². The van der Waals surface area contributed by atoms with Crippen LogP contribution in [0.3, 0.4) is 0 Å². The molecule has 2 aromatic carbocycles. The minimum absolute atomic E-state index is 0.0232. The van der Waals surface area contributed by atoms with E-state index < -0.39 is 0 Å². The molecule has 4 heteroatoms. The number of para-hydroxylation sites is 1. The molecule has 0 fully saturated rings. The van der Waals surface area contributed by atoms with Crippen molar-refractivity contribution in [2.75, 3.05) is 12.0 Å². The van der Waals surface area contributed by atoms with Gasteiger partial charge in [0.1, 0.15) is 0 Å². The Labute approximate surface area is 119 Å². The first-order valence-corrected chi connectivity index (χ1v) is 6.65. The molecular weight excluding hydrogens is 250 g/mol. The monoisotopic (exact) mass is 269 g/mol. The first kappa shape index (κ1) is 14.1. The van der Waals surface area contributed by atoms with Crippen molar-refractivity contribution in [3.05, 3.63) is 65.7 Å². The molecule has 0 aliphatic heterocycles. The molecule has 1 amide bonds. The first-order valence-electron chi connectivity index (χ1n) is 6.65. The number of nitrogens with zero attached hydrogens (tertiary/aromatic N) is 1. The summed E-state index contributed by atoms with van der Waals surface area (Å²) in [6.07, 6.45) is 0. The number of nitrogens with one attached hydrogen (secondary N) is 1. The molecule has 0 unspecified atom stereocenters. The number of carbonyl (C=O) groups is 1. The fourth-order valence-electron chi connectivity index (χ4n) is 2.10. The molecule has 0 saturated heterocycles. The Morgan fingerprint density at radius 2 is 1.75 bits per heavy atom. The Morgan fingerprint density at radius 1 is 1.10 bits per heavy atom. The Kier molecular flexibility index (Phi) is 4.74. The van der Waals surface area contributed by atoms with Crippen LogP contribution in [0, 0.1) is 0 Å². The molecule has 2 rings (SSSR count). The summed E-state index contributed by atoms with van der Waals surface area (Å²) in [6, 6.07) is 17.2. The maximum atomic E-state index is 12.6. The molecule has 0 aliphatic rings. The average molecular weight is 269 g/mol. The summed E-state index contributed by atoms with van der Waals surface area (Å²) in [5.74, 6) is 5.44. The molecule has 0 bridgehead atoms. The Hall–Kier alpha value is -2.33. The van der Waals surface area contributed by atoms with Crippen molar-refractivity contribution in [3.63, 3.8) is 0 Å². The zero-order chi connectivity index (χ0) is 14.4. The minimum atomic E-state index is -0.0232. The molecule has 0 spiro atoms. The number of nitrogen functional groups attached to an aromatic ring is 1. The van der Waals surface area contributed by atoms with Crippen molar-refractivity contribution in [2.24, 2.45) is 5.84 Å². The second-order valence-electron chi connectivity index (χ2n) is 4.49. The van der Waals surface area contributed by atoms with Crippen LogP contribution in [-0.2, 0) is 6.54 Å². The third-order valence-corrected chi connectivity index (χ3v) is 3.20. The van der Waals surface area contributed by atoms with Crippen molar-refractivity contribution in [1.29, 1.82) is 0 Å². The molecular formula is C16H19N3O. The van der Waals surface area contributed by atoms with Gasteiger partial charge in [-0.05, 0) is 24.6 Å². The van der Waals surface area contributed by atoms with Gasteiger partial charge in [0.15, 0.2) is 0 Å². The first-order chi connectivity index (χ1) is 9.76. The van der Waals surface area contributed by atoms with Crippen molar-refractivity contribution >= 4 is 11.6 Å². The lowest BCUT2D eigenvalue weighted by atomic mass is 10.1. The van der Waals surface area contributed by atoms with Crippen molar-refractivity contribution in [3.8, 4) is 0 Å². The minimum Gasteiger partial charge on any atom is -0.335 e. The maximum absolute atomic E-state index is 12.6. The Bertz CT molecular complexity index is 569. The van der Waals surface area contributed by atoms with Crippen LogP contribution in [0.15, 0.2) is 54.6 Å². The van der Waals surface area contributed by atoms with Gasteiger partial charge in [0, 0.05) is 13.1 Å². The number of nitrogens with two attached hydrogens (primary N) is 1. The van der Waals surface area contributed by atoms with E-state index in [1.807, 2.05) is 49.4 Å². The molecule has 104 valence electrons. The standard InChI is InChI=1S/C16H19N3O/c1-2-19(12-13-8-4-3-5-9-13)16(20)14-10-6-7-11-15(14)18-17/h3-11,18H,2,12,17H2,1H3. The predicted molar refractivity (Wildman–Crippen MR) is 81.1 cm³/mol. The lowest BCUT2D eigenvalue weighted by molar-refractivity contribution is 0.0753. The number of hydrogen-bond acceptors (Lipinski definition) is 3. The van der Waals surface area contributed by atoms with Crippen LogP contribution < -0.4 is 11.3 Å². The highest BCUT2D eigenvalue weighted by molar-refractivity contribution is 5.99. The van der Waals surface area contributed by atoms with E-state index in [1.54, 1.807) is 17.0 Å². The molecule has 0 saturated carbocycles. The van der Waals surface area contributed by atoms with Gasteiger partial charge >= 0.3 is 0 Å². The average Bonchev–Trinajstić information content (AvgIpc) is 2.53. The Balaban J connectivity index is 2.21. The normalized spacial score (nSPS) is 10.1. The van der Waals surface area contributed by atoms with E-state index in [0.717, 1.165) is 5.56 Å². The second kappa shape index (κ2) is 6.73. The predicted octanol–water partition coefficient (Wildman–Crippen LogP) is 2.63. The molecule has 4 nitrogen and oxygen atoms in total. The Morgan fingerprint density at radius 3 is 2.40 bits per heavy atom. The molecule has 0 aliphatic carbocycles. The van der Waals surface area contributed by atoms with Gasteiger partial charge in [0.2, 0.25) is 0 Å². The number of hydrazine groups is 1. The topological polar surface area (TPSA) is 58.4 Å². The van der Waals surface area contributed by atoms with Crippen LogP contribution in [0.2, 0.25) is 0 Å². The molecule has 0 heterocycles. The van der Waals surface area contributed by atoms with Crippen LogP contribution in [0.25, 0.3) is 0 Å². The summed E-state index contributed by atoms with van der Waals surface area (Å²) in [4.78, 5) is 14.4. The molecule has 20 heavy (non-hydrogen) atoms. The zero-order valence-corrected chi connectivity index (χ0v) is 11.5. The number of amides is 1. The summed E-state index contributed by atoms with van der Waals surface area (Å²) in [7, 11) is 0. The fourth-order valence-corrected chi connectivity index (χ4v) is 2.10. The number of anilines is 1.